The molecular formula is C11H12Cl2S. The lowest BCUT2D eigenvalue weighted by Gasteiger charge is -2.04. The lowest BCUT2D eigenvalue weighted by Crippen LogP contribution is -1.76. The van der Waals surface area contributed by atoms with E-state index in [0.29, 0.717) is 0 Å². The van der Waals surface area contributed by atoms with Crippen molar-refractivity contribution in [3.63, 3.8) is 0 Å². The van der Waals surface area contributed by atoms with Crippen molar-refractivity contribution in [1.29, 1.82) is 0 Å². The number of allylic oxidation sites excluding steroid dienone is 1. The second kappa shape index (κ2) is 6.39. The Balaban J connectivity index is 2.63. The monoisotopic (exact) mass is 246 g/mol. The molecule has 1 aromatic carbocycles. The minimum Gasteiger partial charge on any atom is -0.0936 e. The molecule has 0 radical (unpaired) electrons. The summed E-state index contributed by atoms with van der Waals surface area (Å²) in [6.45, 7) is 2.14. The molecule has 76 valence electrons. The summed E-state index contributed by atoms with van der Waals surface area (Å²) < 4.78 is 0. The van der Waals surface area contributed by atoms with Crippen molar-refractivity contribution in [2.75, 3.05) is 0 Å². The van der Waals surface area contributed by atoms with E-state index in [-0.39, 0.29) is 0 Å². The maximum atomic E-state index is 5.79. The third-order valence-corrected chi connectivity index (χ3v) is 3.42. The maximum Gasteiger partial charge on any atom is 0.0406 e. The van der Waals surface area contributed by atoms with Gasteiger partial charge in [-0.25, -0.2) is 0 Å². The Bertz CT molecular complexity index is 304. The van der Waals surface area contributed by atoms with Gasteiger partial charge in [-0.1, -0.05) is 48.3 Å². The van der Waals surface area contributed by atoms with Crippen LogP contribution in [0.3, 0.4) is 0 Å². The lowest BCUT2D eigenvalue weighted by molar-refractivity contribution is 0.948. The summed E-state index contributed by atoms with van der Waals surface area (Å²) in [4.78, 5) is 2.37. The van der Waals surface area contributed by atoms with E-state index in [9.17, 15) is 0 Å². The average molecular weight is 247 g/mol. The molecule has 0 fully saturated rings. The topological polar surface area (TPSA) is 0 Å². The lowest BCUT2D eigenvalue weighted by atomic mass is 10.3. The van der Waals surface area contributed by atoms with Crippen molar-refractivity contribution in [2.45, 2.75) is 24.7 Å². The van der Waals surface area contributed by atoms with Gasteiger partial charge in [0.25, 0.3) is 0 Å². The molecule has 1 aromatic rings. The first-order valence-electron chi connectivity index (χ1n) is 4.49. The number of benzene rings is 1. The highest BCUT2D eigenvalue weighted by Crippen LogP contribution is 2.30. The van der Waals surface area contributed by atoms with E-state index in [0.717, 1.165) is 17.9 Å². The number of hydrogen-bond acceptors (Lipinski definition) is 1. The Morgan fingerprint density at radius 2 is 2.00 bits per heavy atom. The highest BCUT2D eigenvalue weighted by Gasteiger charge is 1.99. The molecule has 0 saturated heterocycles. The Morgan fingerprint density at radius 1 is 1.36 bits per heavy atom. The Morgan fingerprint density at radius 3 is 2.50 bits per heavy atom. The smallest absolute Gasteiger partial charge is 0.0406 e. The molecule has 14 heavy (non-hydrogen) atoms. The SMILES string of the molecule is CCC/C(=C\Cl)Sc1ccc(Cl)cc1. The molecule has 0 bridgehead atoms. The van der Waals surface area contributed by atoms with Crippen LogP contribution in [0.4, 0.5) is 0 Å². The van der Waals surface area contributed by atoms with Crippen molar-refractivity contribution in [3.05, 3.63) is 39.7 Å². The Hall–Kier alpha value is -0.110. The van der Waals surface area contributed by atoms with Crippen LogP contribution in [0, 0.1) is 0 Å². The summed E-state index contributed by atoms with van der Waals surface area (Å²) in [5.41, 5.74) is 1.66. The maximum absolute atomic E-state index is 5.79. The van der Waals surface area contributed by atoms with Gasteiger partial charge in [-0.15, -0.1) is 0 Å². The molecule has 0 unspecified atom stereocenters. The van der Waals surface area contributed by atoms with Crippen LogP contribution in [0.5, 0.6) is 0 Å². The summed E-state index contributed by atoms with van der Waals surface area (Å²) in [7, 11) is 0. The quantitative estimate of drug-likeness (QED) is 0.649. The van der Waals surface area contributed by atoms with Crippen molar-refractivity contribution in [2.24, 2.45) is 0 Å². The van der Waals surface area contributed by atoms with E-state index in [1.807, 2.05) is 24.3 Å². The molecule has 3 heteroatoms. The number of rotatable bonds is 4. The highest BCUT2D eigenvalue weighted by molar-refractivity contribution is 8.03. The van der Waals surface area contributed by atoms with E-state index in [1.165, 1.54) is 9.80 Å². The van der Waals surface area contributed by atoms with Crippen LogP contribution in [0.2, 0.25) is 5.02 Å². The molecule has 1 rings (SSSR count). The van der Waals surface area contributed by atoms with Crippen LogP contribution >= 0.6 is 35.0 Å². The molecule has 0 aliphatic rings. The molecule has 0 saturated carbocycles. The van der Waals surface area contributed by atoms with Gasteiger partial charge in [0.05, 0.1) is 0 Å². The summed E-state index contributed by atoms with van der Waals surface area (Å²) in [6, 6.07) is 7.79. The first-order chi connectivity index (χ1) is 6.76. The summed E-state index contributed by atoms with van der Waals surface area (Å²) in [5, 5.41) is 0.765. The van der Waals surface area contributed by atoms with Crippen molar-refractivity contribution >= 4 is 35.0 Å². The molecular weight excluding hydrogens is 235 g/mol. The van der Waals surface area contributed by atoms with Gasteiger partial charge in [0.1, 0.15) is 0 Å². The Labute approximate surface area is 99.3 Å². The summed E-state index contributed by atoms with van der Waals surface area (Å²) >= 11 is 13.2. The van der Waals surface area contributed by atoms with Crippen LogP contribution in [0.25, 0.3) is 0 Å². The average Bonchev–Trinajstić information content (AvgIpc) is 2.20. The van der Waals surface area contributed by atoms with E-state index in [4.69, 9.17) is 23.2 Å². The van der Waals surface area contributed by atoms with Crippen LogP contribution < -0.4 is 0 Å². The molecule has 0 heterocycles. The van der Waals surface area contributed by atoms with Gasteiger partial charge in [-0.2, -0.15) is 0 Å². The Kier molecular flexibility index (Phi) is 5.46. The van der Waals surface area contributed by atoms with Gasteiger partial charge in [0, 0.05) is 20.4 Å². The molecule has 0 aliphatic carbocycles. The van der Waals surface area contributed by atoms with Crippen molar-refractivity contribution in [1.82, 2.24) is 0 Å². The zero-order valence-electron chi connectivity index (χ0n) is 7.97. The minimum atomic E-state index is 0.765. The first kappa shape index (κ1) is 12.0. The fourth-order valence-electron chi connectivity index (χ4n) is 1.03. The largest absolute Gasteiger partial charge is 0.0936 e. The predicted octanol–water partition coefficient (Wildman–Crippen LogP) is 5.31. The van der Waals surface area contributed by atoms with Gasteiger partial charge >= 0.3 is 0 Å². The summed E-state index contributed by atoms with van der Waals surface area (Å²) in [6.07, 6.45) is 2.13. The van der Waals surface area contributed by atoms with Gasteiger partial charge in [0.2, 0.25) is 0 Å². The van der Waals surface area contributed by atoms with Gasteiger partial charge in [-0.05, 0) is 30.7 Å². The molecule has 0 spiro atoms. The van der Waals surface area contributed by atoms with E-state index in [1.54, 1.807) is 17.3 Å². The fraction of sp³-hybridized carbons (Fsp3) is 0.273. The molecule has 0 atom stereocenters. The standard InChI is InChI=1S/C11H12Cl2S/c1-2-3-11(8-12)14-10-6-4-9(13)5-7-10/h4-8H,2-3H2,1H3/b11-8+. The molecule has 0 nitrogen and oxygen atoms in total. The van der Waals surface area contributed by atoms with Gasteiger partial charge in [0.15, 0.2) is 0 Å². The second-order valence-corrected chi connectivity index (χ2v) is 4.74. The fourth-order valence-corrected chi connectivity index (χ4v) is 2.32. The number of hydrogen-bond donors (Lipinski definition) is 0. The normalized spacial score (nSPS) is 11.8. The number of thioether (sulfide) groups is 1. The molecule has 0 N–H and O–H groups in total. The van der Waals surface area contributed by atoms with E-state index < -0.39 is 0 Å². The first-order valence-corrected chi connectivity index (χ1v) is 6.12. The highest BCUT2D eigenvalue weighted by atomic mass is 35.5. The zero-order chi connectivity index (χ0) is 10.4. The van der Waals surface area contributed by atoms with E-state index in [2.05, 4.69) is 6.92 Å². The second-order valence-electron chi connectivity index (χ2n) is 2.88. The zero-order valence-corrected chi connectivity index (χ0v) is 10.3. The predicted molar refractivity (Wildman–Crippen MR) is 66.2 cm³/mol. The number of halogens is 2. The van der Waals surface area contributed by atoms with Crippen LogP contribution in [0.15, 0.2) is 39.6 Å². The van der Waals surface area contributed by atoms with Crippen LogP contribution in [-0.4, -0.2) is 0 Å². The third-order valence-electron chi connectivity index (χ3n) is 1.68. The minimum absolute atomic E-state index is 0.765. The van der Waals surface area contributed by atoms with Crippen LogP contribution in [0.1, 0.15) is 19.8 Å². The van der Waals surface area contributed by atoms with Crippen LogP contribution in [-0.2, 0) is 0 Å². The third kappa shape index (κ3) is 3.95. The molecule has 0 aromatic heterocycles. The van der Waals surface area contributed by atoms with Crippen molar-refractivity contribution in [3.8, 4) is 0 Å². The molecule has 0 amide bonds. The van der Waals surface area contributed by atoms with E-state index >= 15 is 0 Å². The molecule has 0 aliphatic heterocycles. The van der Waals surface area contributed by atoms with Gasteiger partial charge in [-0.3, -0.25) is 0 Å². The van der Waals surface area contributed by atoms with Gasteiger partial charge < -0.3 is 0 Å². The summed E-state index contributed by atoms with van der Waals surface area (Å²) in [5.74, 6) is 0. The van der Waals surface area contributed by atoms with Crippen molar-refractivity contribution < 1.29 is 0 Å².